The van der Waals surface area contributed by atoms with Gasteiger partial charge in [0.2, 0.25) is 0 Å². The van der Waals surface area contributed by atoms with Gasteiger partial charge in [-0.1, -0.05) is 15.9 Å². The second-order valence-electron chi connectivity index (χ2n) is 4.19. The van der Waals surface area contributed by atoms with Crippen molar-refractivity contribution in [2.24, 2.45) is 11.8 Å². The van der Waals surface area contributed by atoms with Crippen molar-refractivity contribution in [2.45, 2.75) is 13.0 Å². The molecule has 2 atom stereocenters. The van der Waals surface area contributed by atoms with Gasteiger partial charge in [0.05, 0.1) is 13.2 Å². The van der Waals surface area contributed by atoms with Gasteiger partial charge in [0.1, 0.15) is 5.82 Å². The molecule has 0 spiro atoms. The van der Waals surface area contributed by atoms with Crippen LogP contribution < -0.4 is 0 Å². The third-order valence-electron chi connectivity index (χ3n) is 2.90. The van der Waals surface area contributed by atoms with Gasteiger partial charge in [-0.05, 0) is 36.5 Å². The third kappa shape index (κ3) is 3.03. The van der Waals surface area contributed by atoms with Crippen LogP contribution in [0.1, 0.15) is 12.0 Å². The molecule has 0 radical (unpaired) electrons. The number of hydrogen-bond donors (Lipinski definition) is 1. The molecule has 1 aromatic rings. The molecule has 1 N–H and O–H groups in total. The maximum Gasteiger partial charge on any atom is 0.128 e. The summed E-state index contributed by atoms with van der Waals surface area (Å²) in [6, 6.07) is 4.82. The minimum absolute atomic E-state index is 0.235. The van der Waals surface area contributed by atoms with Crippen LogP contribution in [0.3, 0.4) is 0 Å². The van der Waals surface area contributed by atoms with Crippen LogP contribution in [0.15, 0.2) is 22.7 Å². The van der Waals surface area contributed by atoms with Crippen molar-refractivity contribution in [1.82, 2.24) is 0 Å². The van der Waals surface area contributed by atoms with Crippen molar-refractivity contribution in [1.29, 1.82) is 0 Å². The van der Waals surface area contributed by atoms with E-state index < -0.39 is 0 Å². The summed E-state index contributed by atoms with van der Waals surface area (Å²) in [5.41, 5.74) is 0.565. The third-order valence-corrected chi connectivity index (χ3v) is 3.39. The summed E-state index contributed by atoms with van der Waals surface area (Å²) in [5.74, 6) is 0.616. The maximum absolute atomic E-state index is 13.3. The van der Waals surface area contributed by atoms with Gasteiger partial charge in [-0.15, -0.1) is 0 Å². The Morgan fingerprint density at radius 1 is 1.44 bits per heavy atom. The number of aliphatic hydroxyl groups is 1. The molecule has 2 rings (SSSR count). The molecule has 1 fully saturated rings. The molecule has 1 saturated carbocycles. The minimum atomic E-state index is -0.238. The lowest BCUT2D eigenvalue weighted by Crippen LogP contribution is -2.01. The van der Waals surface area contributed by atoms with E-state index in [4.69, 9.17) is 9.84 Å². The summed E-state index contributed by atoms with van der Waals surface area (Å²) in [6.07, 6.45) is 1.03. The molecule has 0 aromatic heterocycles. The fraction of sp³-hybridized carbons (Fsp3) is 0.500. The first-order valence-corrected chi connectivity index (χ1v) is 6.12. The zero-order valence-electron chi connectivity index (χ0n) is 8.83. The molecular weight excluding hydrogens is 275 g/mol. The summed E-state index contributed by atoms with van der Waals surface area (Å²) in [5, 5.41) is 8.85. The van der Waals surface area contributed by atoms with Gasteiger partial charge in [0.15, 0.2) is 0 Å². The Bertz CT molecular complexity index is 370. The first-order chi connectivity index (χ1) is 7.70. The summed E-state index contributed by atoms with van der Waals surface area (Å²) >= 11 is 3.29. The van der Waals surface area contributed by atoms with Gasteiger partial charge >= 0.3 is 0 Å². The van der Waals surface area contributed by atoms with Crippen LogP contribution in [0.2, 0.25) is 0 Å². The molecule has 2 nitrogen and oxygen atoms in total. The van der Waals surface area contributed by atoms with Crippen LogP contribution in [0.25, 0.3) is 0 Å². The molecular formula is C12H14BrFO2. The van der Waals surface area contributed by atoms with Crippen molar-refractivity contribution in [3.05, 3.63) is 34.1 Å². The first kappa shape index (κ1) is 12.0. The van der Waals surface area contributed by atoms with Crippen molar-refractivity contribution < 1.29 is 14.2 Å². The minimum Gasteiger partial charge on any atom is -0.396 e. The quantitative estimate of drug-likeness (QED) is 0.903. The van der Waals surface area contributed by atoms with Crippen LogP contribution in [0.4, 0.5) is 4.39 Å². The highest BCUT2D eigenvalue weighted by atomic mass is 79.9. The van der Waals surface area contributed by atoms with Crippen LogP contribution in [0.5, 0.6) is 0 Å². The second kappa shape index (κ2) is 5.25. The van der Waals surface area contributed by atoms with Crippen molar-refractivity contribution >= 4 is 15.9 Å². The molecule has 0 bridgehead atoms. The van der Waals surface area contributed by atoms with E-state index in [1.807, 2.05) is 0 Å². The van der Waals surface area contributed by atoms with Crippen LogP contribution in [-0.2, 0) is 11.3 Å². The van der Waals surface area contributed by atoms with Gasteiger partial charge in [0, 0.05) is 16.6 Å². The lowest BCUT2D eigenvalue weighted by Gasteiger charge is -2.05. The highest BCUT2D eigenvalue weighted by molar-refractivity contribution is 9.10. The van der Waals surface area contributed by atoms with Crippen molar-refractivity contribution in [3.8, 4) is 0 Å². The molecule has 0 amide bonds. The van der Waals surface area contributed by atoms with Crippen molar-refractivity contribution in [3.63, 3.8) is 0 Å². The fourth-order valence-electron chi connectivity index (χ4n) is 1.71. The van der Waals surface area contributed by atoms with Crippen molar-refractivity contribution in [2.75, 3.05) is 13.2 Å². The van der Waals surface area contributed by atoms with E-state index in [2.05, 4.69) is 15.9 Å². The molecule has 1 aliphatic carbocycles. The monoisotopic (exact) mass is 288 g/mol. The first-order valence-electron chi connectivity index (χ1n) is 5.33. The summed E-state index contributed by atoms with van der Waals surface area (Å²) in [6.45, 7) is 1.14. The van der Waals surface area contributed by atoms with Gasteiger partial charge in [-0.25, -0.2) is 4.39 Å². The maximum atomic E-state index is 13.3. The van der Waals surface area contributed by atoms with E-state index >= 15 is 0 Å². The number of rotatable bonds is 5. The molecule has 0 saturated heterocycles. The van der Waals surface area contributed by atoms with Gasteiger partial charge in [-0.2, -0.15) is 0 Å². The molecule has 16 heavy (non-hydrogen) atoms. The molecule has 4 heteroatoms. The summed E-state index contributed by atoms with van der Waals surface area (Å²) < 4.78 is 19.6. The number of hydrogen-bond acceptors (Lipinski definition) is 2. The number of ether oxygens (including phenoxy) is 1. The van der Waals surface area contributed by atoms with E-state index in [9.17, 15) is 4.39 Å². The standard InChI is InChI=1S/C12H14BrFO2/c13-11-1-2-12(14)10(4-11)7-16-6-9-3-8(9)5-15/h1-2,4,8-9,15H,3,5-7H2. The van der Waals surface area contributed by atoms with E-state index in [0.29, 0.717) is 30.6 Å². The molecule has 1 aliphatic rings. The van der Waals surface area contributed by atoms with E-state index in [1.165, 1.54) is 6.07 Å². The van der Waals surface area contributed by atoms with E-state index in [1.54, 1.807) is 12.1 Å². The number of aliphatic hydroxyl groups excluding tert-OH is 1. The Balaban J connectivity index is 1.79. The van der Waals surface area contributed by atoms with Crippen LogP contribution >= 0.6 is 15.9 Å². The lowest BCUT2D eigenvalue weighted by molar-refractivity contribution is 0.102. The molecule has 1 aromatic carbocycles. The van der Waals surface area contributed by atoms with Gasteiger partial charge < -0.3 is 9.84 Å². The Morgan fingerprint density at radius 3 is 2.94 bits per heavy atom. The fourth-order valence-corrected chi connectivity index (χ4v) is 2.12. The normalized spacial score (nSPS) is 23.4. The second-order valence-corrected chi connectivity index (χ2v) is 5.10. The predicted molar refractivity (Wildman–Crippen MR) is 62.4 cm³/mol. The predicted octanol–water partition coefficient (Wildman–Crippen LogP) is 2.73. The average Bonchev–Trinajstić information content (AvgIpc) is 3.02. The number of benzene rings is 1. The average molecular weight is 289 g/mol. The highest BCUT2D eigenvalue weighted by Crippen LogP contribution is 2.38. The largest absolute Gasteiger partial charge is 0.396 e. The van der Waals surface area contributed by atoms with E-state index in [-0.39, 0.29) is 12.4 Å². The Kier molecular flexibility index (Phi) is 3.95. The Morgan fingerprint density at radius 2 is 2.25 bits per heavy atom. The summed E-state index contributed by atoms with van der Waals surface area (Å²) in [7, 11) is 0. The topological polar surface area (TPSA) is 29.5 Å². The molecule has 0 aliphatic heterocycles. The zero-order valence-corrected chi connectivity index (χ0v) is 10.4. The molecule has 88 valence electrons. The number of halogens is 2. The highest BCUT2D eigenvalue weighted by Gasteiger charge is 2.36. The van der Waals surface area contributed by atoms with Crippen LogP contribution in [0, 0.1) is 17.7 Å². The van der Waals surface area contributed by atoms with Gasteiger partial charge in [0.25, 0.3) is 0 Å². The zero-order chi connectivity index (χ0) is 11.5. The van der Waals surface area contributed by atoms with E-state index in [0.717, 1.165) is 10.9 Å². The Hall–Kier alpha value is -0.450. The van der Waals surface area contributed by atoms with Crippen LogP contribution in [-0.4, -0.2) is 18.3 Å². The molecule has 2 unspecified atom stereocenters. The smallest absolute Gasteiger partial charge is 0.128 e. The SMILES string of the molecule is OCC1CC1COCc1cc(Br)ccc1F. The lowest BCUT2D eigenvalue weighted by atomic mass is 10.2. The summed E-state index contributed by atoms with van der Waals surface area (Å²) in [4.78, 5) is 0. The van der Waals surface area contributed by atoms with Gasteiger partial charge in [-0.3, -0.25) is 0 Å². The molecule has 0 heterocycles. The Labute approximate surface area is 103 Å².